The van der Waals surface area contributed by atoms with E-state index >= 15 is 0 Å². The molecular formula is C15H25N3O2S. The number of hydrogen-bond acceptors (Lipinski definition) is 6. The van der Waals surface area contributed by atoms with Crippen molar-refractivity contribution in [2.75, 3.05) is 38.6 Å². The molecule has 0 spiro atoms. The molecule has 5 nitrogen and oxygen atoms in total. The Balaban J connectivity index is 1.36. The summed E-state index contributed by atoms with van der Waals surface area (Å²) in [7, 11) is 0. The Morgan fingerprint density at radius 1 is 1.14 bits per heavy atom. The fourth-order valence-corrected chi connectivity index (χ4v) is 3.85. The van der Waals surface area contributed by atoms with Crippen molar-refractivity contribution in [3.8, 4) is 0 Å². The molecule has 2 aliphatic rings. The van der Waals surface area contributed by atoms with Gasteiger partial charge in [-0.25, -0.2) is 0 Å². The standard InChI is InChI=1S/C15H25N3O2S/c1-2-4-13(5-3-1)15-16-14(17-20-15)12-21-11-8-18-6-9-19-10-7-18/h13H,1-12H2. The van der Waals surface area contributed by atoms with E-state index in [2.05, 4.69) is 15.0 Å². The lowest BCUT2D eigenvalue weighted by Crippen LogP contribution is -2.37. The van der Waals surface area contributed by atoms with Crippen LogP contribution in [0.5, 0.6) is 0 Å². The molecule has 2 fully saturated rings. The first kappa shape index (κ1) is 15.3. The maximum absolute atomic E-state index is 5.45. The molecule has 2 heterocycles. The van der Waals surface area contributed by atoms with Crippen LogP contribution < -0.4 is 0 Å². The third kappa shape index (κ3) is 4.69. The molecule has 0 N–H and O–H groups in total. The van der Waals surface area contributed by atoms with E-state index in [1.807, 2.05) is 11.8 Å². The molecule has 6 heteroatoms. The second-order valence-electron chi connectivity index (χ2n) is 5.89. The molecule has 1 saturated heterocycles. The van der Waals surface area contributed by atoms with Gasteiger partial charge in [0.15, 0.2) is 5.82 Å². The van der Waals surface area contributed by atoms with Gasteiger partial charge < -0.3 is 9.26 Å². The minimum atomic E-state index is 0.512. The molecule has 1 aliphatic carbocycles. The van der Waals surface area contributed by atoms with Gasteiger partial charge in [0.25, 0.3) is 0 Å². The lowest BCUT2D eigenvalue weighted by Gasteiger charge is -2.26. The molecule has 21 heavy (non-hydrogen) atoms. The predicted molar refractivity (Wildman–Crippen MR) is 83.5 cm³/mol. The quantitative estimate of drug-likeness (QED) is 0.753. The van der Waals surface area contributed by atoms with E-state index in [4.69, 9.17) is 9.26 Å². The van der Waals surface area contributed by atoms with Crippen molar-refractivity contribution in [3.63, 3.8) is 0 Å². The van der Waals surface area contributed by atoms with Crippen molar-refractivity contribution < 1.29 is 9.26 Å². The molecule has 0 bridgehead atoms. The first-order valence-electron chi connectivity index (χ1n) is 8.12. The largest absolute Gasteiger partial charge is 0.379 e. The Morgan fingerprint density at radius 3 is 2.76 bits per heavy atom. The molecule has 1 aliphatic heterocycles. The Hall–Kier alpha value is -0.590. The Kier molecular flexibility index (Phi) is 5.94. The van der Waals surface area contributed by atoms with Crippen molar-refractivity contribution in [1.82, 2.24) is 15.0 Å². The van der Waals surface area contributed by atoms with Gasteiger partial charge in [0.05, 0.1) is 19.0 Å². The van der Waals surface area contributed by atoms with E-state index in [9.17, 15) is 0 Å². The van der Waals surface area contributed by atoms with Crippen LogP contribution in [-0.2, 0) is 10.5 Å². The average molecular weight is 311 g/mol. The molecule has 1 saturated carbocycles. The van der Waals surface area contributed by atoms with Crippen molar-refractivity contribution >= 4 is 11.8 Å². The summed E-state index contributed by atoms with van der Waals surface area (Å²) >= 11 is 1.89. The van der Waals surface area contributed by atoms with E-state index in [-0.39, 0.29) is 0 Å². The van der Waals surface area contributed by atoms with Crippen LogP contribution in [0.15, 0.2) is 4.52 Å². The lowest BCUT2D eigenvalue weighted by atomic mass is 9.89. The summed E-state index contributed by atoms with van der Waals surface area (Å²) in [5, 5.41) is 4.14. The van der Waals surface area contributed by atoms with Crippen LogP contribution >= 0.6 is 11.8 Å². The number of ether oxygens (including phenoxy) is 1. The molecule has 1 aromatic heterocycles. The Bertz CT molecular complexity index is 415. The lowest BCUT2D eigenvalue weighted by molar-refractivity contribution is 0.0410. The number of aromatic nitrogens is 2. The second-order valence-corrected chi connectivity index (χ2v) is 7.00. The molecule has 118 valence electrons. The summed E-state index contributed by atoms with van der Waals surface area (Å²) in [4.78, 5) is 7.04. The highest BCUT2D eigenvalue weighted by Gasteiger charge is 2.21. The third-order valence-electron chi connectivity index (χ3n) is 4.32. The monoisotopic (exact) mass is 311 g/mol. The van der Waals surface area contributed by atoms with Crippen LogP contribution in [0, 0.1) is 0 Å². The van der Waals surface area contributed by atoms with Crippen molar-refractivity contribution in [2.45, 2.75) is 43.8 Å². The van der Waals surface area contributed by atoms with Crippen LogP contribution in [-0.4, -0.2) is 53.6 Å². The van der Waals surface area contributed by atoms with Gasteiger partial charge >= 0.3 is 0 Å². The first-order valence-corrected chi connectivity index (χ1v) is 9.27. The second kappa shape index (κ2) is 8.15. The number of rotatable bonds is 6. The van der Waals surface area contributed by atoms with E-state index < -0.39 is 0 Å². The highest BCUT2D eigenvalue weighted by Crippen LogP contribution is 2.31. The first-order chi connectivity index (χ1) is 10.4. The van der Waals surface area contributed by atoms with E-state index in [0.29, 0.717) is 5.92 Å². The number of morpholine rings is 1. The van der Waals surface area contributed by atoms with Crippen LogP contribution in [0.25, 0.3) is 0 Å². The van der Waals surface area contributed by atoms with Gasteiger partial charge in [0.2, 0.25) is 5.89 Å². The molecule has 0 aromatic carbocycles. The number of thioether (sulfide) groups is 1. The molecular weight excluding hydrogens is 286 g/mol. The zero-order valence-corrected chi connectivity index (χ0v) is 13.4. The van der Waals surface area contributed by atoms with Gasteiger partial charge in [-0.2, -0.15) is 16.7 Å². The maximum atomic E-state index is 5.45. The zero-order valence-electron chi connectivity index (χ0n) is 12.6. The van der Waals surface area contributed by atoms with Gasteiger partial charge in [0, 0.05) is 31.3 Å². The SMILES string of the molecule is C1CCC(c2nc(CSCCN3CCOCC3)no2)CC1. The van der Waals surface area contributed by atoms with Gasteiger partial charge in [-0.3, -0.25) is 4.90 Å². The fourth-order valence-electron chi connectivity index (χ4n) is 3.02. The Labute approximate surface area is 130 Å². The van der Waals surface area contributed by atoms with Crippen molar-refractivity contribution in [1.29, 1.82) is 0 Å². The highest BCUT2D eigenvalue weighted by molar-refractivity contribution is 7.98. The minimum absolute atomic E-state index is 0.512. The summed E-state index contributed by atoms with van der Waals surface area (Å²) in [5.41, 5.74) is 0. The normalized spacial score (nSPS) is 21.7. The smallest absolute Gasteiger partial charge is 0.229 e. The van der Waals surface area contributed by atoms with E-state index in [0.717, 1.165) is 56.1 Å². The van der Waals surface area contributed by atoms with Crippen molar-refractivity contribution in [3.05, 3.63) is 11.7 Å². The van der Waals surface area contributed by atoms with Crippen LogP contribution in [0.4, 0.5) is 0 Å². The number of hydrogen-bond donors (Lipinski definition) is 0. The van der Waals surface area contributed by atoms with E-state index in [1.54, 1.807) is 0 Å². The summed E-state index contributed by atoms with van der Waals surface area (Å²) in [6.07, 6.45) is 6.39. The predicted octanol–water partition coefficient (Wildman–Crippen LogP) is 2.68. The third-order valence-corrected chi connectivity index (χ3v) is 5.26. The summed E-state index contributed by atoms with van der Waals surface area (Å²) in [5.74, 6) is 4.23. The zero-order chi connectivity index (χ0) is 14.3. The van der Waals surface area contributed by atoms with Gasteiger partial charge in [0.1, 0.15) is 0 Å². The minimum Gasteiger partial charge on any atom is -0.379 e. The van der Waals surface area contributed by atoms with Crippen molar-refractivity contribution in [2.24, 2.45) is 0 Å². The van der Waals surface area contributed by atoms with Crippen LogP contribution in [0.2, 0.25) is 0 Å². The fraction of sp³-hybridized carbons (Fsp3) is 0.867. The molecule has 3 rings (SSSR count). The van der Waals surface area contributed by atoms with Gasteiger partial charge in [-0.05, 0) is 12.8 Å². The summed E-state index contributed by atoms with van der Waals surface area (Å²) in [6.45, 7) is 5.01. The van der Waals surface area contributed by atoms with Gasteiger partial charge in [-0.15, -0.1) is 0 Å². The maximum Gasteiger partial charge on any atom is 0.229 e. The topological polar surface area (TPSA) is 51.4 Å². The molecule has 0 atom stereocenters. The molecule has 0 amide bonds. The average Bonchev–Trinajstić information content (AvgIpc) is 3.02. The van der Waals surface area contributed by atoms with Crippen LogP contribution in [0.3, 0.4) is 0 Å². The molecule has 1 aromatic rings. The number of nitrogens with zero attached hydrogens (tertiary/aromatic N) is 3. The molecule has 0 radical (unpaired) electrons. The highest BCUT2D eigenvalue weighted by atomic mass is 32.2. The summed E-state index contributed by atoms with van der Waals surface area (Å²) < 4.78 is 10.8. The Morgan fingerprint density at radius 2 is 1.95 bits per heavy atom. The molecule has 0 unspecified atom stereocenters. The van der Waals surface area contributed by atoms with E-state index in [1.165, 1.54) is 32.1 Å². The van der Waals surface area contributed by atoms with Gasteiger partial charge in [-0.1, -0.05) is 24.4 Å². The summed E-state index contributed by atoms with van der Waals surface area (Å²) in [6, 6.07) is 0. The van der Waals surface area contributed by atoms with Crippen LogP contribution in [0.1, 0.15) is 49.7 Å².